The third-order valence-electron chi connectivity index (χ3n) is 5.78. The Morgan fingerprint density at radius 3 is 2.50 bits per heavy atom. The van der Waals surface area contributed by atoms with Crippen LogP contribution >= 0.6 is 0 Å². The minimum atomic E-state index is -0.150. The van der Waals surface area contributed by atoms with Gasteiger partial charge in [-0.05, 0) is 43.2 Å². The molecule has 1 aliphatic rings. The first kappa shape index (κ1) is 20.2. The average molecular weight is 383 g/mol. The number of likely N-dealkylation sites (tertiary alicyclic amines) is 1. The molecule has 2 unspecified atom stereocenters. The Hall–Kier alpha value is -2.56. The zero-order valence-corrected chi connectivity index (χ0v) is 17.2. The molecule has 0 bridgehead atoms. The summed E-state index contributed by atoms with van der Waals surface area (Å²) in [5, 5.41) is 4.90. The van der Waals surface area contributed by atoms with E-state index < -0.39 is 0 Å². The Bertz CT molecular complexity index is 862. The van der Waals surface area contributed by atoms with Crippen LogP contribution in [0.15, 0.2) is 36.4 Å². The predicted octanol–water partition coefficient (Wildman–Crippen LogP) is 3.86. The second kappa shape index (κ2) is 8.63. The van der Waals surface area contributed by atoms with E-state index in [1.807, 2.05) is 48.2 Å². The number of amides is 2. The van der Waals surface area contributed by atoms with Crippen LogP contribution in [0.25, 0.3) is 10.8 Å². The van der Waals surface area contributed by atoms with Crippen molar-refractivity contribution in [2.75, 3.05) is 20.2 Å². The molecular formula is C23H30N2O3. The maximum Gasteiger partial charge on any atom is 0.254 e. The second-order valence-corrected chi connectivity index (χ2v) is 7.99. The summed E-state index contributed by atoms with van der Waals surface area (Å²) < 4.78 is 5.43. The lowest BCUT2D eigenvalue weighted by Gasteiger charge is -2.33. The lowest BCUT2D eigenvalue weighted by molar-refractivity contribution is -0.127. The minimum absolute atomic E-state index is 0.0201. The largest absolute Gasteiger partial charge is 0.496 e. The fraction of sp³-hybridized carbons (Fsp3) is 0.478. The van der Waals surface area contributed by atoms with Crippen LogP contribution in [0, 0.1) is 11.8 Å². The maximum absolute atomic E-state index is 13.3. The number of carbonyl (C=O) groups excluding carboxylic acids is 2. The van der Waals surface area contributed by atoms with Crippen LogP contribution < -0.4 is 10.1 Å². The van der Waals surface area contributed by atoms with Crippen LogP contribution in [0.4, 0.5) is 0 Å². The molecule has 150 valence electrons. The standard InChI is InChI=1S/C23H30N2O3/c1-15(2)16(3)24-22(26)17-8-7-13-25(14-17)23(27)20-11-12-21(28-4)19-10-6-5-9-18(19)20/h5-6,9-12,15-17H,7-8,13-14H2,1-4H3,(H,24,26). The van der Waals surface area contributed by atoms with Crippen LogP contribution in [0.5, 0.6) is 5.75 Å². The molecule has 1 N–H and O–H groups in total. The number of nitrogens with one attached hydrogen (secondary N) is 1. The number of methoxy groups -OCH3 is 1. The van der Waals surface area contributed by atoms with Crippen molar-refractivity contribution in [3.8, 4) is 5.75 Å². The molecular weight excluding hydrogens is 352 g/mol. The molecule has 1 fully saturated rings. The molecule has 0 spiro atoms. The first-order valence-electron chi connectivity index (χ1n) is 10.1. The van der Waals surface area contributed by atoms with Crippen LogP contribution in [0.2, 0.25) is 0 Å². The van der Waals surface area contributed by atoms with Crippen molar-refractivity contribution < 1.29 is 14.3 Å². The Balaban J connectivity index is 1.80. The topological polar surface area (TPSA) is 58.6 Å². The van der Waals surface area contributed by atoms with E-state index in [-0.39, 0.29) is 23.8 Å². The molecule has 0 aliphatic carbocycles. The Labute approximate surface area is 167 Å². The van der Waals surface area contributed by atoms with E-state index in [1.54, 1.807) is 7.11 Å². The zero-order valence-electron chi connectivity index (χ0n) is 17.2. The van der Waals surface area contributed by atoms with E-state index in [0.717, 1.165) is 29.4 Å². The molecule has 5 nitrogen and oxygen atoms in total. The molecule has 1 heterocycles. The molecule has 5 heteroatoms. The number of nitrogens with zero attached hydrogens (tertiary/aromatic N) is 1. The normalized spacial score (nSPS) is 18.2. The van der Waals surface area contributed by atoms with Crippen molar-refractivity contribution in [3.05, 3.63) is 42.0 Å². The molecule has 0 aromatic heterocycles. The smallest absolute Gasteiger partial charge is 0.254 e. The lowest BCUT2D eigenvalue weighted by Crippen LogP contribution is -2.48. The summed E-state index contributed by atoms with van der Waals surface area (Å²) in [7, 11) is 1.63. The third-order valence-corrected chi connectivity index (χ3v) is 5.78. The average Bonchev–Trinajstić information content (AvgIpc) is 2.72. The van der Waals surface area contributed by atoms with Crippen LogP contribution in [0.3, 0.4) is 0 Å². The number of rotatable bonds is 5. The quantitative estimate of drug-likeness (QED) is 0.854. The van der Waals surface area contributed by atoms with E-state index in [4.69, 9.17) is 4.74 Å². The van der Waals surface area contributed by atoms with Gasteiger partial charge in [-0.3, -0.25) is 9.59 Å². The highest BCUT2D eigenvalue weighted by atomic mass is 16.5. The number of piperidine rings is 1. The second-order valence-electron chi connectivity index (χ2n) is 7.99. The Morgan fingerprint density at radius 2 is 1.82 bits per heavy atom. The Morgan fingerprint density at radius 1 is 1.11 bits per heavy atom. The zero-order chi connectivity index (χ0) is 20.3. The van der Waals surface area contributed by atoms with Gasteiger partial charge in [0.1, 0.15) is 5.75 Å². The third kappa shape index (κ3) is 4.13. The van der Waals surface area contributed by atoms with Crippen LogP contribution in [0.1, 0.15) is 44.0 Å². The summed E-state index contributed by atoms with van der Waals surface area (Å²) in [4.78, 5) is 27.7. The molecule has 2 aromatic carbocycles. The highest BCUT2D eigenvalue weighted by Gasteiger charge is 2.30. The summed E-state index contributed by atoms with van der Waals surface area (Å²) in [6.45, 7) is 7.36. The number of hydrogen-bond donors (Lipinski definition) is 1. The monoisotopic (exact) mass is 382 g/mol. The van der Waals surface area contributed by atoms with Gasteiger partial charge in [-0.25, -0.2) is 0 Å². The molecule has 0 radical (unpaired) electrons. The molecule has 1 aliphatic heterocycles. The molecule has 2 amide bonds. The highest BCUT2D eigenvalue weighted by Crippen LogP contribution is 2.30. The fourth-order valence-electron chi connectivity index (χ4n) is 3.69. The Kier molecular flexibility index (Phi) is 6.22. The molecule has 0 saturated carbocycles. The molecule has 3 rings (SSSR count). The van der Waals surface area contributed by atoms with Crippen molar-refractivity contribution in [2.24, 2.45) is 11.8 Å². The summed E-state index contributed by atoms with van der Waals surface area (Å²) >= 11 is 0. The molecule has 2 atom stereocenters. The maximum atomic E-state index is 13.3. The molecule has 28 heavy (non-hydrogen) atoms. The van der Waals surface area contributed by atoms with Gasteiger partial charge in [-0.15, -0.1) is 0 Å². The summed E-state index contributed by atoms with van der Waals surface area (Å²) in [5.41, 5.74) is 0.660. The highest BCUT2D eigenvalue weighted by molar-refractivity contribution is 6.08. The first-order valence-corrected chi connectivity index (χ1v) is 10.1. The van der Waals surface area contributed by atoms with Crippen molar-refractivity contribution in [2.45, 2.75) is 39.7 Å². The summed E-state index contributed by atoms with van der Waals surface area (Å²) in [6.07, 6.45) is 1.66. The summed E-state index contributed by atoms with van der Waals surface area (Å²) in [5.74, 6) is 1.02. The number of hydrogen-bond acceptors (Lipinski definition) is 3. The minimum Gasteiger partial charge on any atom is -0.496 e. The van der Waals surface area contributed by atoms with Gasteiger partial charge in [-0.1, -0.05) is 38.1 Å². The van der Waals surface area contributed by atoms with Gasteiger partial charge in [-0.2, -0.15) is 0 Å². The van der Waals surface area contributed by atoms with Gasteiger partial charge < -0.3 is 15.0 Å². The first-order chi connectivity index (χ1) is 13.4. The lowest BCUT2D eigenvalue weighted by atomic mass is 9.94. The van der Waals surface area contributed by atoms with Gasteiger partial charge in [0.05, 0.1) is 13.0 Å². The predicted molar refractivity (Wildman–Crippen MR) is 112 cm³/mol. The fourth-order valence-corrected chi connectivity index (χ4v) is 3.69. The van der Waals surface area contributed by atoms with E-state index in [2.05, 4.69) is 19.2 Å². The van der Waals surface area contributed by atoms with E-state index in [9.17, 15) is 9.59 Å². The number of benzene rings is 2. The van der Waals surface area contributed by atoms with Gasteiger partial charge in [0.15, 0.2) is 0 Å². The van der Waals surface area contributed by atoms with Crippen molar-refractivity contribution >= 4 is 22.6 Å². The van der Waals surface area contributed by atoms with Gasteiger partial charge in [0.2, 0.25) is 5.91 Å². The summed E-state index contributed by atoms with van der Waals surface area (Å²) in [6, 6.07) is 11.6. The number of ether oxygens (including phenoxy) is 1. The van der Waals surface area contributed by atoms with Gasteiger partial charge in [0.25, 0.3) is 5.91 Å². The SMILES string of the molecule is COc1ccc(C(=O)N2CCCC(C(=O)NC(C)C(C)C)C2)c2ccccc12. The van der Waals surface area contributed by atoms with Crippen molar-refractivity contribution in [1.82, 2.24) is 10.2 Å². The van der Waals surface area contributed by atoms with Gasteiger partial charge in [0, 0.05) is 30.1 Å². The van der Waals surface area contributed by atoms with Crippen LogP contribution in [-0.2, 0) is 4.79 Å². The van der Waals surface area contributed by atoms with E-state index in [1.165, 1.54) is 0 Å². The van der Waals surface area contributed by atoms with Crippen molar-refractivity contribution in [3.63, 3.8) is 0 Å². The molecule has 1 saturated heterocycles. The van der Waals surface area contributed by atoms with Crippen LogP contribution in [-0.4, -0.2) is 43.0 Å². The van der Waals surface area contributed by atoms with Crippen molar-refractivity contribution in [1.29, 1.82) is 0 Å². The van der Waals surface area contributed by atoms with Gasteiger partial charge >= 0.3 is 0 Å². The van der Waals surface area contributed by atoms with E-state index >= 15 is 0 Å². The number of carbonyl (C=O) groups is 2. The van der Waals surface area contributed by atoms with E-state index in [0.29, 0.717) is 24.6 Å². The number of fused-ring (bicyclic) bond motifs is 1. The molecule has 2 aromatic rings.